The Morgan fingerprint density at radius 2 is 1.32 bits per heavy atom. The van der Waals surface area contributed by atoms with Crippen LogP contribution in [0.4, 0.5) is 11.4 Å². The van der Waals surface area contributed by atoms with Gasteiger partial charge in [-0.05, 0) is 35.4 Å². The largest absolute Gasteiger partial charge is 0.378 e. The SMILES string of the molecule is CN(C)c1ccc(/C=C/c2ccc(N3CCOCCOCCOCCOCC3)cc2C#N)cc1. The number of rotatable bonds is 4. The summed E-state index contributed by atoms with van der Waals surface area (Å²) in [6.45, 7) is 5.90. The second-order valence-corrected chi connectivity index (χ2v) is 8.14. The van der Waals surface area contributed by atoms with Crippen molar-refractivity contribution in [1.29, 1.82) is 5.26 Å². The molecule has 1 fully saturated rings. The minimum atomic E-state index is 0.549. The van der Waals surface area contributed by atoms with Crippen molar-refractivity contribution < 1.29 is 18.9 Å². The van der Waals surface area contributed by atoms with Crippen LogP contribution >= 0.6 is 0 Å². The van der Waals surface area contributed by atoms with Crippen LogP contribution in [0.25, 0.3) is 12.2 Å². The highest BCUT2D eigenvalue weighted by Gasteiger charge is 2.10. The quantitative estimate of drug-likeness (QED) is 0.638. The summed E-state index contributed by atoms with van der Waals surface area (Å²) in [6, 6.07) is 16.6. The van der Waals surface area contributed by atoms with E-state index in [1.807, 2.05) is 38.4 Å². The van der Waals surface area contributed by atoms with Gasteiger partial charge in [0.15, 0.2) is 0 Å². The molecular weight excluding hydrogens is 430 g/mol. The van der Waals surface area contributed by atoms with Gasteiger partial charge in [-0.15, -0.1) is 0 Å². The lowest BCUT2D eigenvalue weighted by Crippen LogP contribution is -2.31. The van der Waals surface area contributed by atoms with Crippen molar-refractivity contribution in [3.8, 4) is 6.07 Å². The average molecular weight is 466 g/mol. The van der Waals surface area contributed by atoms with E-state index in [4.69, 9.17) is 18.9 Å². The lowest BCUT2D eigenvalue weighted by Gasteiger charge is -2.25. The summed E-state index contributed by atoms with van der Waals surface area (Å²) in [4.78, 5) is 4.26. The first-order valence-electron chi connectivity index (χ1n) is 11.7. The van der Waals surface area contributed by atoms with Gasteiger partial charge in [0.05, 0.1) is 64.5 Å². The lowest BCUT2D eigenvalue weighted by atomic mass is 10.0. The molecule has 1 saturated heterocycles. The van der Waals surface area contributed by atoms with Crippen LogP contribution in [0.2, 0.25) is 0 Å². The molecule has 34 heavy (non-hydrogen) atoms. The summed E-state index contributed by atoms with van der Waals surface area (Å²) in [5.41, 5.74) is 4.75. The van der Waals surface area contributed by atoms with Crippen molar-refractivity contribution in [2.24, 2.45) is 0 Å². The molecule has 3 rings (SSSR count). The van der Waals surface area contributed by atoms with Crippen LogP contribution in [0.3, 0.4) is 0 Å². The highest BCUT2D eigenvalue weighted by Crippen LogP contribution is 2.22. The number of nitrogens with zero attached hydrogens (tertiary/aromatic N) is 3. The molecular formula is C27H35N3O4. The Hall–Kier alpha value is -2.89. The van der Waals surface area contributed by atoms with Crippen molar-refractivity contribution in [3.63, 3.8) is 0 Å². The first-order valence-corrected chi connectivity index (χ1v) is 11.7. The van der Waals surface area contributed by atoms with Gasteiger partial charge in [0, 0.05) is 38.6 Å². The standard InChI is InChI=1S/C27H35N3O4/c1-29(2)26-8-4-23(5-9-26)3-6-24-7-10-27(21-25(24)22-28)30-11-13-31-15-17-33-19-20-34-18-16-32-14-12-30/h3-10,21H,11-20H2,1-2H3/b6-3+. The maximum Gasteiger partial charge on any atom is 0.0998 e. The Morgan fingerprint density at radius 1 is 0.765 bits per heavy atom. The summed E-state index contributed by atoms with van der Waals surface area (Å²) >= 11 is 0. The van der Waals surface area contributed by atoms with E-state index in [0.29, 0.717) is 71.5 Å². The summed E-state index contributed by atoms with van der Waals surface area (Å²) in [5, 5.41) is 9.79. The number of hydrogen-bond acceptors (Lipinski definition) is 7. The number of benzene rings is 2. The molecule has 182 valence electrons. The van der Waals surface area contributed by atoms with E-state index in [1.54, 1.807) is 0 Å². The van der Waals surface area contributed by atoms with E-state index in [2.05, 4.69) is 46.2 Å². The molecule has 0 spiro atoms. The normalized spacial score (nSPS) is 17.0. The van der Waals surface area contributed by atoms with Gasteiger partial charge in [0.25, 0.3) is 0 Å². The average Bonchev–Trinajstić information content (AvgIpc) is 2.87. The topological polar surface area (TPSA) is 67.2 Å². The molecule has 7 nitrogen and oxygen atoms in total. The highest BCUT2D eigenvalue weighted by atomic mass is 16.6. The molecule has 2 aromatic rings. The predicted molar refractivity (Wildman–Crippen MR) is 136 cm³/mol. The monoisotopic (exact) mass is 465 g/mol. The number of hydrogen-bond donors (Lipinski definition) is 0. The fourth-order valence-electron chi connectivity index (χ4n) is 3.53. The van der Waals surface area contributed by atoms with Crippen LogP contribution in [-0.2, 0) is 18.9 Å². The van der Waals surface area contributed by atoms with Crippen LogP contribution in [0.15, 0.2) is 42.5 Å². The van der Waals surface area contributed by atoms with Gasteiger partial charge in [0.1, 0.15) is 0 Å². The molecule has 1 heterocycles. The summed E-state index contributed by atoms with van der Waals surface area (Å²) in [7, 11) is 4.05. The van der Waals surface area contributed by atoms with E-state index in [-0.39, 0.29) is 0 Å². The Labute approximate surface area is 203 Å². The summed E-state index contributed by atoms with van der Waals surface area (Å²) < 4.78 is 22.4. The first-order chi connectivity index (χ1) is 16.7. The van der Waals surface area contributed by atoms with E-state index in [0.717, 1.165) is 22.5 Å². The van der Waals surface area contributed by atoms with Crippen molar-refractivity contribution in [2.45, 2.75) is 0 Å². The Balaban J connectivity index is 1.68. The first kappa shape index (κ1) is 25.7. The van der Waals surface area contributed by atoms with Crippen molar-refractivity contribution in [3.05, 3.63) is 59.2 Å². The molecule has 0 N–H and O–H groups in total. The van der Waals surface area contributed by atoms with E-state index in [1.165, 1.54) is 0 Å². The Bertz CT molecular complexity index is 922. The van der Waals surface area contributed by atoms with E-state index >= 15 is 0 Å². The molecule has 0 aliphatic carbocycles. The molecule has 0 unspecified atom stereocenters. The van der Waals surface area contributed by atoms with Crippen molar-refractivity contribution >= 4 is 23.5 Å². The fourth-order valence-corrected chi connectivity index (χ4v) is 3.53. The van der Waals surface area contributed by atoms with E-state index < -0.39 is 0 Å². The van der Waals surface area contributed by atoms with Gasteiger partial charge in [-0.3, -0.25) is 0 Å². The van der Waals surface area contributed by atoms with Crippen LogP contribution in [-0.4, -0.2) is 80.0 Å². The van der Waals surface area contributed by atoms with Crippen molar-refractivity contribution in [2.75, 3.05) is 89.8 Å². The smallest absolute Gasteiger partial charge is 0.0998 e. The van der Waals surface area contributed by atoms with Gasteiger partial charge >= 0.3 is 0 Å². The van der Waals surface area contributed by atoms with E-state index in [9.17, 15) is 5.26 Å². The molecule has 0 saturated carbocycles. The summed E-state index contributed by atoms with van der Waals surface area (Å²) in [5.74, 6) is 0. The lowest BCUT2D eigenvalue weighted by molar-refractivity contribution is 0.00206. The van der Waals surface area contributed by atoms with Gasteiger partial charge in [-0.25, -0.2) is 0 Å². The molecule has 0 bridgehead atoms. The van der Waals surface area contributed by atoms with Crippen molar-refractivity contribution in [1.82, 2.24) is 0 Å². The molecule has 0 amide bonds. The zero-order valence-corrected chi connectivity index (χ0v) is 20.2. The van der Waals surface area contributed by atoms with Crippen LogP contribution in [0.1, 0.15) is 16.7 Å². The zero-order valence-electron chi connectivity index (χ0n) is 20.2. The third-order valence-electron chi connectivity index (χ3n) is 5.51. The minimum absolute atomic E-state index is 0.549. The van der Waals surface area contributed by atoms with Gasteiger partial charge in [0.2, 0.25) is 0 Å². The third-order valence-corrected chi connectivity index (χ3v) is 5.51. The van der Waals surface area contributed by atoms with Crippen LogP contribution < -0.4 is 9.80 Å². The third kappa shape index (κ3) is 8.47. The number of ether oxygens (including phenoxy) is 4. The second-order valence-electron chi connectivity index (χ2n) is 8.14. The maximum atomic E-state index is 9.79. The maximum absolute atomic E-state index is 9.79. The predicted octanol–water partition coefficient (Wildman–Crippen LogP) is 3.68. The molecule has 0 radical (unpaired) electrons. The van der Waals surface area contributed by atoms with Gasteiger partial charge < -0.3 is 28.7 Å². The molecule has 1 aliphatic heterocycles. The number of anilines is 2. The van der Waals surface area contributed by atoms with Gasteiger partial charge in [-0.2, -0.15) is 5.26 Å². The summed E-state index contributed by atoms with van der Waals surface area (Å²) in [6.07, 6.45) is 4.02. The Kier molecular flexibility index (Phi) is 10.9. The Morgan fingerprint density at radius 3 is 1.85 bits per heavy atom. The zero-order chi connectivity index (χ0) is 24.0. The second kappa shape index (κ2) is 14.4. The molecule has 0 aromatic heterocycles. The fraction of sp³-hybridized carbons (Fsp3) is 0.444. The molecule has 2 aromatic carbocycles. The highest BCUT2D eigenvalue weighted by molar-refractivity contribution is 5.74. The molecule has 7 heteroatoms. The molecule has 0 atom stereocenters. The van der Waals surface area contributed by atoms with Gasteiger partial charge in [-0.1, -0.05) is 30.4 Å². The number of nitriles is 1. The van der Waals surface area contributed by atoms with Crippen LogP contribution in [0, 0.1) is 11.3 Å². The molecule has 1 aliphatic rings. The minimum Gasteiger partial charge on any atom is -0.378 e. The van der Waals surface area contributed by atoms with Crippen LogP contribution in [0.5, 0.6) is 0 Å².